The van der Waals surface area contributed by atoms with Gasteiger partial charge in [-0.15, -0.1) is 0 Å². The van der Waals surface area contributed by atoms with Crippen molar-refractivity contribution in [3.05, 3.63) is 71.7 Å². The van der Waals surface area contributed by atoms with E-state index in [-0.39, 0.29) is 29.9 Å². The highest BCUT2D eigenvalue weighted by Gasteiger charge is 2.43. The second-order valence-corrected chi connectivity index (χ2v) is 8.24. The van der Waals surface area contributed by atoms with Crippen LogP contribution in [0, 0.1) is 5.82 Å². The number of nitrogens with one attached hydrogen (secondary N) is 2. The van der Waals surface area contributed by atoms with Crippen LogP contribution < -0.4 is 15.3 Å². The Morgan fingerprint density at radius 3 is 2.51 bits per heavy atom. The number of likely N-dealkylation sites (N-methyl/N-ethyl adjacent to an activating group) is 1. The largest absolute Gasteiger partial charge is 0.326 e. The predicted octanol–water partition coefficient (Wildman–Crippen LogP) is 1.85. The molecule has 180 valence electrons. The van der Waals surface area contributed by atoms with E-state index in [2.05, 4.69) is 15.9 Å². The van der Waals surface area contributed by atoms with Gasteiger partial charge in [0.1, 0.15) is 18.4 Å². The standard InChI is InChI=1S/C23H21FN6O4S/c1-28-22(33)17(12-19(31)25-16-10-8-15(24)9-11-16)30(23(28)35)13-18-21(34-27-29(18)2)26-20(32)14-6-4-3-5-7-14/h3-11,17H,12-13H2,1-2H3,(H-,25,26,27,31,32)/p+1. The van der Waals surface area contributed by atoms with Crippen molar-refractivity contribution in [3.63, 3.8) is 0 Å². The summed E-state index contributed by atoms with van der Waals surface area (Å²) in [4.78, 5) is 41.0. The number of benzene rings is 2. The van der Waals surface area contributed by atoms with E-state index in [4.69, 9.17) is 16.7 Å². The summed E-state index contributed by atoms with van der Waals surface area (Å²) < 4.78 is 19.8. The van der Waals surface area contributed by atoms with Crippen molar-refractivity contribution in [2.24, 2.45) is 7.05 Å². The molecular formula is C23H22FN6O4S+. The summed E-state index contributed by atoms with van der Waals surface area (Å²) in [6.07, 6.45) is -0.193. The van der Waals surface area contributed by atoms with Crippen LogP contribution in [-0.4, -0.2) is 51.0 Å². The zero-order valence-electron chi connectivity index (χ0n) is 18.9. The lowest BCUT2D eigenvalue weighted by molar-refractivity contribution is -0.746. The van der Waals surface area contributed by atoms with E-state index in [9.17, 15) is 18.8 Å². The molecule has 3 amide bonds. The van der Waals surface area contributed by atoms with E-state index in [0.29, 0.717) is 16.9 Å². The van der Waals surface area contributed by atoms with Gasteiger partial charge in [0.2, 0.25) is 11.2 Å². The molecule has 0 bridgehead atoms. The van der Waals surface area contributed by atoms with E-state index < -0.39 is 23.7 Å². The maximum Gasteiger partial charge on any atom is 0.307 e. The number of carbonyl (C=O) groups is 3. The second-order valence-electron chi connectivity index (χ2n) is 7.88. The van der Waals surface area contributed by atoms with Crippen molar-refractivity contribution in [2.75, 3.05) is 17.7 Å². The number of hydrogen-bond acceptors (Lipinski definition) is 6. The number of amides is 3. The van der Waals surface area contributed by atoms with Gasteiger partial charge in [-0.1, -0.05) is 18.2 Å². The predicted molar refractivity (Wildman–Crippen MR) is 126 cm³/mol. The van der Waals surface area contributed by atoms with Crippen LogP contribution in [0.1, 0.15) is 22.5 Å². The minimum atomic E-state index is -0.888. The summed E-state index contributed by atoms with van der Waals surface area (Å²) in [5, 5.41) is 9.42. The molecule has 0 radical (unpaired) electrons. The summed E-state index contributed by atoms with van der Waals surface area (Å²) in [5.74, 6) is -1.51. The van der Waals surface area contributed by atoms with Gasteiger partial charge in [-0.2, -0.15) is 0 Å². The fourth-order valence-corrected chi connectivity index (χ4v) is 3.90. The first-order valence-electron chi connectivity index (χ1n) is 10.6. The van der Waals surface area contributed by atoms with E-state index >= 15 is 0 Å². The van der Waals surface area contributed by atoms with Crippen LogP contribution in [0.15, 0.2) is 59.1 Å². The molecule has 1 aromatic heterocycles. The Morgan fingerprint density at radius 1 is 1.14 bits per heavy atom. The van der Waals surface area contributed by atoms with Crippen LogP contribution in [0.4, 0.5) is 16.0 Å². The molecule has 1 saturated heterocycles. The summed E-state index contributed by atoms with van der Waals surface area (Å²) in [5.41, 5.74) is 1.28. The van der Waals surface area contributed by atoms with Crippen molar-refractivity contribution in [1.82, 2.24) is 15.1 Å². The zero-order chi connectivity index (χ0) is 25.1. The highest BCUT2D eigenvalue weighted by molar-refractivity contribution is 7.80. The Balaban J connectivity index is 1.52. The molecular weight excluding hydrogens is 475 g/mol. The van der Waals surface area contributed by atoms with Crippen molar-refractivity contribution in [3.8, 4) is 0 Å². The quantitative estimate of drug-likeness (QED) is 0.379. The van der Waals surface area contributed by atoms with Crippen LogP contribution in [0.2, 0.25) is 0 Å². The topological polar surface area (TPSA) is 112 Å². The van der Waals surface area contributed by atoms with Gasteiger partial charge >= 0.3 is 5.88 Å². The lowest BCUT2D eigenvalue weighted by Gasteiger charge is -2.21. The number of aromatic nitrogens is 2. The molecule has 3 aromatic rings. The van der Waals surface area contributed by atoms with Gasteiger partial charge in [-0.25, -0.2) is 4.39 Å². The number of carbonyl (C=O) groups excluding carboxylic acids is 3. The summed E-state index contributed by atoms with van der Waals surface area (Å²) in [6, 6.07) is 13.0. The van der Waals surface area contributed by atoms with E-state index in [1.807, 2.05) is 0 Å². The third kappa shape index (κ3) is 5.17. The Morgan fingerprint density at radius 2 is 1.83 bits per heavy atom. The number of hydrogen-bond donors (Lipinski definition) is 2. The molecule has 1 fully saturated rings. The molecule has 1 atom stereocenters. The molecule has 0 spiro atoms. The maximum absolute atomic E-state index is 13.1. The van der Waals surface area contributed by atoms with Crippen molar-refractivity contribution in [2.45, 2.75) is 19.0 Å². The van der Waals surface area contributed by atoms with Gasteiger partial charge in [-0.05, 0) is 53.3 Å². The minimum Gasteiger partial charge on any atom is -0.326 e. The van der Waals surface area contributed by atoms with Gasteiger partial charge in [0.05, 0.1) is 6.42 Å². The molecule has 4 rings (SSSR count). The Kier molecular flexibility index (Phi) is 6.82. The lowest BCUT2D eigenvalue weighted by Crippen LogP contribution is -2.42. The Bertz CT molecular complexity index is 1280. The van der Waals surface area contributed by atoms with Crippen LogP contribution >= 0.6 is 12.2 Å². The van der Waals surface area contributed by atoms with Crippen LogP contribution in [0.25, 0.3) is 0 Å². The smallest absolute Gasteiger partial charge is 0.307 e. The fourth-order valence-electron chi connectivity index (χ4n) is 3.62. The average molecular weight is 498 g/mol. The highest BCUT2D eigenvalue weighted by atomic mass is 32.1. The third-order valence-corrected chi connectivity index (χ3v) is 6.03. The first-order valence-corrected chi connectivity index (χ1v) is 11.0. The van der Waals surface area contributed by atoms with E-state index in [0.717, 1.165) is 0 Å². The van der Waals surface area contributed by atoms with Crippen molar-refractivity contribution in [1.29, 1.82) is 0 Å². The fraction of sp³-hybridized carbons (Fsp3) is 0.217. The summed E-state index contributed by atoms with van der Waals surface area (Å²) in [7, 11) is 3.15. The van der Waals surface area contributed by atoms with Crippen LogP contribution in [0.5, 0.6) is 0 Å². The molecule has 0 aliphatic carbocycles. The second kappa shape index (κ2) is 9.97. The Labute approximate surface area is 205 Å². The van der Waals surface area contributed by atoms with Gasteiger partial charge in [0.15, 0.2) is 12.2 Å². The maximum atomic E-state index is 13.1. The monoisotopic (exact) mass is 497 g/mol. The number of halogens is 1. The van der Waals surface area contributed by atoms with Gasteiger partial charge in [0, 0.05) is 18.3 Å². The molecule has 2 N–H and O–H groups in total. The number of anilines is 2. The molecule has 1 aliphatic rings. The molecule has 1 unspecified atom stereocenters. The zero-order valence-corrected chi connectivity index (χ0v) is 19.7. The van der Waals surface area contributed by atoms with Crippen LogP contribution in [0.3, 0.4) is 0 Å². The molecule has 2 aromatic carbocycles. The molecule has 35 heavy (non-hydrogen) atoms. The van der Waals surface area contributed by atoms with Crippen molar-refractivity contribution >= 4 is 46.6 Å². The molecule has 10 nitrogen and oxygen atoms in total. The molecule has 2 heterocycles. The normalized spacial score (nSPS) is 15.5. The molecule has 0 saturated carbocycles. The first-order chi connectivity index (χ1) is 16.7. The summed E-state index contributed by atoms with van der Waals surface area (Å²) in [6.45, 7) is 0.0494. The SMILES string of the molecule is CN1C(=O)C(CC(=O)Nc2ccc(F)cc2)N(Cc2c(NC(=O)c3ccccc3)on[n+]2C)C1=S. The average Bonchev–Trinajstić information content (AvgIpc) is 3.28. The summed E-state index contributed by atoms with van der Waals surface area (Å²) >= 11 is 5.45. The third-order valence-electron chi connectivity index (χ3n) is 5.52. The lowest BCUT2D eigenvalue weighted by atomic mass is 10.1. The molecule has 1 aliphatic heterocycles. The van der Waals surface area contributed by atoms with E-state index in [1.165, 1.54) is 40.9 Å². The minimum absolute atomic E-state index is 0.0494. The number of rotatable bonds is 7. The van der Waals surface area contributed by atoms with Crippen molar-refractivity contribution < 1.29 is 28.0 Å². The highest BCUT2D eigenvalue weighted by Crippen LogP contribution is 2.24. The number of thiocarbonyl (C=S) groups is 1. The number of nitrogens with zero attached hydrogens (tertiary/aromatic N) is 4. The van der Waals surface area contributed by atoms with E-state index in [1.54, 1.807) is 42.3 Å². The Hall–Kier alpha value is -4.19. The molecule has 12 heteroatoms. The van der Waals surface area contributed by atoms with Gasteiger partial charge < -0.3 is 10.2 Å². The number of aryl methyl sites for hydroxylation is 1. The first kappa shape index (κ1) is 24.0. The van der Waals surface area contributed by atoms with Crippen LogP contribution in [-0.2, 0) is 23.2 Å². The van der Waals surface area contributed by atoms with Gasteiger partial charge in [0.25, 0.3) is 17.5 Å². The van der Waals surface area contributed by atoms with Gasteiger partial charge in [-0.3, -0.25) is 29.1 Å².